The second kappa shape index (κ2) is 11.4. The molecule has 2 aromatic heterocycles. The Bertz CT molecular complexity index is 1900. The number of nitriles is 1. The van der Waals surface area contributed by atoms with Gasteiger partial charge in [0, 0.05) is 44.6 Å². The lowest BCUT2D eigenvalue weighted by Crippen LogP contribution is -2.59. The number of methoxy groups -OCH3 is 1. The number of nitrogens with zero attached hydrogens (tertiary/aromatic N) is 6. The van der Waals surface area contributed by atoms with Gasteiger partial charge in [0.1, 0.15) is 11.5 Å². The van der Waals surface area contributed by atoms with E-state index in [1.54, 1.807) is 18.3 Å². The van der Waals surface area contributed by atoms with E-state index in [-0.39, 0.29) is 23.5 Å². The van der Waals surface area contributed by atoms with Gasteiger partial charge in [0.25, 0.3) is 5.79 Å². The van der Waals surface area contributed by atoms with Crippen molar-refractivity contribution >= 4 is 34.3 Å². The Morgan fingerprint density at radius 3 is 2.74 bits per heavy atom. The summed E-state index contributed by atoms with van der Waals surface area (Å²) < 4.78 is 26.2. The van der Waals surface area contributed by atoms with Crippen LogP contribution in [0.2, 0.25) is 5.02 Å². The maximum Gasteiger partial charge on any atom is 0.337 e. The molecule has 0 spiro atoms. The monoisotopic (exact) mass is 654 g/mol. The predicted octanol–water partition coefficient (Wildman–Crippen LogP) is 5.30. The fraction of sp³-hybridized carbons (Fsp3) is 0.429. The van der Waals surface area contributed by atoms with E-state index < -0.39 is 5.79 Å². The van der Waals surface area contributed by atoms with Crippen LogP contribution in [0.1, 0.15) is 48.1 Å². The van der Waals surface area contributed by atoms with Crippen molar-refractivity contribution in [1.29, 1.82) is 5.26 Å². The highest BCUT2D eigenvalue weighted by molar-refractivity contribution is 6.30. The van der Waals surface area contributed by atoms with Crippen LogP contribution >= 0.6 is 11.6 Å². The Balaban J connectivity index is 1.08. The first-order valence-electron chi connectivity index (χ1n) is 16.0. The number of halogens is 1. The third-order valence-electron chi connectivity index (χ3n) is 10.1. The first kappa shape index (κ1) is 30.0. The standard InChI is InChI=1S/C35H35ClN6O5/c1-34(30-9-7-23(36)17-38-30)46-29-5-3-4-25(32(29)47-34)41-15-14-40(27-19-45-20-28(27)41)18-31-39-24-8-6-22(33(43)44-2)16-26(24)42(31)21-35(10-11-35)12-13-37/h3-9,16-17,27-28H,10-12,14-15,18-21H2,1-2H3/t27-,28+,34?/m1/s1. The van der Waals surface area contributed by atoms with Crippen molar-refractivity contribution in [1.82, 2.24) is 19.4 Å². The Morgan fingerprint density at radius 2 is 1.98 bits per heavy atom. The van der Waals surface area contributed by atoms with Gasteiger partial charge in [0.05, 0.1) is 72.3 Å². The number of rotatable bonds is 8. The molecule has 3 fully saturated rings. The largest absolute Gasteiger partial charge is 0.465 e. The summed E-state index contributed by atoms with van der Waals surface area (Å²) in [7, 11) is 1.39. The van der Waals surface area contributed by atoms with E-state index in [2.05, 4.69) is 31.5 Å². The number of ether oxygens (including phenoxy) is 4. The molecule has 3 atom stereocenters. The van der Waals surface area contributed by atoms with Gasteiger partial charge in [-0.2, -0.15) is 5.26 Å². The predicted molar refractivity (Wildman–Crippen MR) is 173 cm³/mol. The highest BCUT2D eigenvalue weighted by Crippen LogP contribution is 2.51. The third kappa shape index (κ3) is 5.25. The number of piperazine rings is 1. The molecule has 0 amide bonds. The van der Waals surface area contributed by atoms with Gasteiger partial charge in [0.15, 0.2) is 11.5 Å². The van der Waals surface area contributed by atoms with Crippen molar-refractivity contribution in [2.24, 2.45) is 5.41 Å². The summed E-state index contributed by atoms with van der Waals surface area (Å²) in [5.74, 6) is 0.836. The number of carbonyl (C=O) groups is 1. The van der Waals surface area contributed by atoms with Crippen LogP contribution in [-0.2, 0) is 28.4 Å². The molecule has 0 radical (unpaired) electrons. The molecule has 12 heteroatoms. The maximum absolute atomic E-state index is 12.4. The summed E-state index contributed by atoms with van der Waals surface area (Å²) in [5.41, 5.74) is 3.76. The zero-order chi connectivity index (χ0) is 32.3. The van der Waals surface area contributed by atoms with Gasteiger partial charge in [-0.15, -0.1) is 0 Å². The summed E-state index contributed by atoms with van der Waals surface area (Å²) in [6.07, 6.45) is 4.11. The van der Waals surface area contributed by atoms with Crippen molar-refractivity contribution in [3.05, 3.63) is 76.8 Å². The number of hydrogen-bond donors (Lipinski definition) is 0. The summed E-state index contributed by atoms with van der Waals surface area (Å²) >= 11 is 6.09. The maximum atomic E-state index is 12.4. The van der Waals surface area contributed by atoms with Crippen LogP contribution in [0.15, 0.2) is 54.7 Å². The molecule has 4 aromatic rings. The minimum atomic E-state index is -1.08. The first-order chi connectivity index (χ1) is 22.8. The molecule has 4 aliphatic rings. The normalized spacial score (nSPS) is 24.3. The number of imidazole rings is 1. The highest BCUT2D eigenvalue weighted by Gasteiger charge is 2.47. The SMILES string of the molecule is COC(=O)c1ccc2nc(CN3CCN(c4cccc5c4OC(C)(c4ccc(Cl)cn4)O5)[C@H]4COC[C@H]43)n(CC3(CC#N)CC3)c2c1. The van der Waals surface area contributed by atoms with Crippen molar-refractivity contribution in [2.45, 2.75) is 57.1 Å². The molecule has 11 nitrogen and oxygen atoms in total. The van der Waals surface area contributed by atoms with Gasteiger partial charge in [-0.1, -0.05) is 17.7 Å². The van der Waals surface area contributed by atoms with Gasteiger partial charge in [0.2, 0.25) is 0 Å². The van der Waals surface area contributed by atoms with E-state index >= 15 is 0 Å². The van der Waals surface area contributed by atoms with Gasteiger partial charge in [-0.25, -0.2) is 9.78 Å². The molecule has 0 bridgehead atoms. The quantitative estimate of drug-likeness (QED) is 0.232. The van der Waals surface area contributed by atoms with Crippen LogP contribution in [0.3, 0.4) is 0 Å². The number of aromatic nitrogens is 3. The molecular formula is C35H35ClN6O5. The van der Waals surface area contributed by atoms with Crippen LogP contribution in [0.5, 0.6) is 11.5 Å². The topological polar surface area (TPSA) is 115 Å². The average Bonchev–Trinajstić information content (AvgIpc) is 3.36. The van der Waals surface area contributed by atoms with Crippen LogP contribution < -0.4 is 14.4 Å². The van der Waals surface area contributed by atoms with Crippen LogP contribution in [0.25, 0.3) is 11.0 Å². The van der Waals surface area contributed by atoms with Gasteiger partial charge in [-0.3, -0.25) is 9.88 Å². The van der Waals surface area contributed by atoms with Crippen LogP contribution in [-0.4, -0.2) is 70.9 Å². The first-order valence-corrected chi connectivity index (χ1v) is 16.3. The van der Waals surface area contributed by atoms with E-state index in [4.69, 9.17) is 35.5 Å². The molecular weight excluding hydrogens is 620 g/mol. The van der Waals surface area contributed by atoms with Crippen molar-refractivity contribution in [3.63, 3.8) is 0 Å². The van der Waals surface area contributed by atoms with E-state index in [0.717, 1.165) is 48.5 Å². The summed E-state index contributed by atoms with van der Waals surface area (Å²) in [6.45, 7) is 5.91. The molecule has 3 aliphatic heterocycles. The molecule has 2 saturated heterocycles. The summed E-state index contributed by atoms with van der Waals surface area (Å²) in [6, 6.07) is 17.7. The molecule has 0 N–H and O–H groups in total. The van der Waals surface area contributed by atoms with Crippen LogP contribution in [0.4, 0.5) is 5.69 Å². The van der Waals surface area contributed by atoms with E-state index in [0.29, 0.717) is 60.5 Å². The lowest BCUT2D eigenvalue weighted by Gasteiger charge is -2.44. The molecule has 5 heterocycles. The fourth-order valence-electron chi connectivity index (χ4n) is 7.30. The number of fused-ring (bicyclic) bond motifs is 3. The number of para-hydroxylation sites is 1. The zero-order valence-corrected chi connectivity index (χ0v) is 27.1. The fourth-order valence-corrected chi connectivity index (χ4v) is 7.41. The number of benzene rings is 2. The zero-order valence-electron chi connectivity index (χ0n) is 26.3. The highest BCUT2D eigenvalue weighted by atomic mass is 35.5. The molecule has 8 rings (SSSR count). The molecule has 1 saturated carbocycles. The summed E-state index contributed by atoms with van der Waals surface area (Å²) in [4.78, 5) is 26.8. The molecule has 242 valence electrons. The van der Waals surface area contributed by atoms with E-state index in [1.807, 2.05) is 37.3 Å². The number of anilines is 1. The number of hydrogen-bond acceptors (Lipinski definition) is 10. The molecule has 2 aromatic carbocycles. The van der Waals surface area contributed by atoms with Gasteiger partial charge >= 0.3 is 5.97 Å². The van der Waals surface area contributed by atoms with Crippen molar-refractivity contribution < 1.29 is 23.7 Å². The summed E-state index contributed by atoms with van der Waals surface area (Å²) in [5, 5.41) is 10.1. The third-order valence-corrected chi connectivity index (χ3v) is 10.3. The minimum absolute atomic E-state index is 0.0537. The number of carbonyl (C=O) groups excluding carboxylic acids is 1. The lowest BCUT2D eigenvalue weighted by molar-refractivity contribution is -0.0716. The smallest absolute Gasteiger partial charge is 0.337 e. The van der Waals surface area contributed by atoms with Gasteiger partial charge < -0.3 is 28.4 Å². The average molecular weight is 655 g/mol. The Hall–Kier alpha value is -4.37. The minimum Gasteiger partial charge on any atom is -0.465 e. The second-order valence-electron chi connectivity index (χ2n) is 13.1. The molecule has 47 heavy (non-hydrogen) atoms. The van der Waals surface area contributed by atoms with E-state index in [1.165, 1.54) is 7.11 Å². The Kier molecular flexibility index (Phi) is 7.28. The number of pyridine rings is 1. The van der Waals surface area contributed by atoms with Gasteiger partial charge in [-0.05, 0) is 55.3 Å². The Labute approximate surface area is 277 Å². The van der Waals surface area contributed by atoms with Crippen LogP contribution in [0, 0.1) is 16.7 Å². The second-order valence-corrected chi connectivity index (χ2v) is 13.5. The number of esters is 1. The Morgan fingerprint density at radius 1 is 1.13 bits per heavy atom. The van der Waals surface area contributed by atoms with Crippen molar-refractivity contribution in [3.8, 4) is 17.6 Å². The molecule has 1 unspecified atom stereocenters. The lowest BCUT2D eigenvalue weighted by atomic mass is 10.0. The van der Waals surface area contributed by atoms with Crippen molar-refractivity contribution in [2.75, 3.05) is 38.3 Å². The van der Waals surface area contributed by atoms with E-state index in [9.17, 15) is 10.1 Å². The molecule has 1 aliphatic carbocycles.